The first-order chi connectivity index (χ1) is 12.7. The number of ether oxygens (including phenoxy) is 2. The van der Waals surface area contributed by atoms with Gasteiger partial charge in [0.2, 0.25) is 0 Å². The van der Waals surface area contributed by atoms with Gasteiger partial charge in [0.1, 0.15) is 0 Å². The molecule has 2 aliphatic heterocycles. The van der Waals surface area contributed by atoms with Gasteiger partial charge in [-0.2, -0.15) is 0 Å². The number of rotatable bonds is 8. The first-order valence-corrected chi connectivity index (χ1v) is 9.66. The van der Waals surface area contributed by atoms with Crippen molar-refractivity contribution in [1.29, 1.82) is 0 Å². The summed E-state index contributed by atoms with van der Waals surface area (Å²) in [4.78, 5) is 14.4. The van der Waals surface area contributed by atoms with Gasteiger partial charge in [-0.3, -0.25) is 4.79 Å². The van der Waals surface area contributed by atoms with Gasteiger partial charge >= 0.3 is 0 Å². The van der Waals surface area contributed by atoms with E-state index in [0.717, 1.165) is 45.4 Å². The van der Waals surface area contributed by atoms with Crippen LogP contribution in [0.5, 0.6) is 0 Å². The molecular formula is C20H30N2O4. The molecule has 0 aromatic heterocycles. The average molecular weight is 362 g/mol. The molecule has 26 heavy (non-hydrogen) atoms. The normalized spacial score (nSPS) is 23.0. The molecular weight excluding hydrogens is 332 g/mol. The first-order valence-electron chi connectivity index (χ1n) is 9.66. The zero-order valence-corrected chi connectivity index (χ0v) is 15.3. The first kappa shape index (κ1) is 19.3. The summed E-state index contributed by atoms with van der Waals surface area (Å²) >= 11 is 0. The Morgan fingerprint density at radius 1 is 1.27 bits per heavy atom. The predicted molar refractivity (Wildman–Crippen MR) is 99.2 cm³/mol. The summed E-state index contributed by atoms with van der Waals surface area (Å²) in [5.74, 6) is -0.00776. The molecule has 0 radical (unpaired) electrons. The SMILES string of the molecule is O=C(NC1CCN(C[C@@H](O)COC[C@H]2CCCO2)CC1)c1ccccc1. The lowest BCUT2D eigenvalue weighted by Gasteiger charge is -2.33. The molecule has 2 N–H and O–H groups in total. The molecule has 0 spiro atoms. The van der Waals surface area contributed by atoms with Crippen LogP contribution in [-0.2, 0) is 9.47 Å². The molecule has 6 heteroatoms. The molecule has 3 rings (SSSR count). The molecule has 2 saturated heterocycles. The number of hydrogen-bond acceptors (Lipinski definition) is 5. The number of nitrogens with one attached hydrogen (secondary N) is 1. The number of amides is 1. The summed E-state index contributed by atoms with van der Waals surface area (Å²) in [6, 6.07) is 9.52. The van der Waals surface area contributed by atoms with Crippen molar-refractivity contribution in [1.82, 2.24) is 10.2 Å². The second kappa shape index (κ2) is 10.0. The molecule has 2 fully saturated rings. The van der Waals surface area contributed by atoms with Crippen molar-refractivity contribution in [2.75, 3.05) is 39.5 Å². The smallest absolute Gasteiger partial charge is 0.251 e. The Bertz CT molecular complexity index is 540. The van der Waals surface area contributed by atoms with Crippen LogP contribution in [0.1, 0.15) is 36.0 Å². The van der Waals surface area contributed by atoms with E-state index in [0.29, 0.717) is 25.3 Å². The highest BCUT2D eigenvalue weighted by Crippen LogP contribution is 2.13. The minimum absolute atomic E-state index is 0.00776. The molecule has 2 aliphatic rings. The molecule has 1 aromatic carbocycles. The van der Waals surface area contributed by atoms with E-state index < -0.39 is 6.10 Å². The molecule has 6 nitrogen and oxygen atoms in total. The third kappa shape index (κ3) is 6.06. The van der Waals surface area contributed by atoms with Crippen LogP contribution in [0.25, 0.3) is 0 Å². The fraction of sp³-hybridized carbons (Fsp3) is 0.650. The van der Waals surface area contributed by atoms with Gasteiger partial charge in [-0.1, -0.05) is 18.2 Å². The predicted octanol–water partition coefficient (Wildman–Crippen LogP) is 1.44. The Morgan fingerprint density at radius 2 is 2.04 bits per heavy atom. The summed E-state index contributed by atoms with van der Waals surface area (Å²) in [6.07, 6.45) is 3.69. The van der Waals surface area contributed by atoms with Crippen LogP contribution in [0.4, 0.5) is 0 Å². The Balaban J connectivity index is 1.30. The van der Waals surface area contributed by atoms with Gasteiger partial charge < -0.3 is 24.8 Å². The highest BCUT2D eigenvalue weighted by molar-refractivity contribution is 5.94. The molecule has 0 saturated carbocycles. The minimum atomic E-state index is -0.480. The Labute approximate surface area is 155 Å². The number of aliphatic hydroxyl groups is 1. The second-order valence-corrected chi connectivity index (χ2v) is 7.24. The molecule has 0 unspecified atom stereocenters. The third-order valence-electron chi connectivity index (χ3n) is 5.07. The lowest BCUT2D eigenvalue weighted by atomic mass is 10.0. The molecule has 0 aliphatic carbocycles. The Hall–Kier alpha value is -1.47. The zero-order valence-electron chi connectivity index (χ0n) is 15.3. The topological polar surface area (TPSA) is 71.0 Å². The number of benzene rings is 1. The maximum absolute atomic E-state index is 12.2. The number of nitrogens with zero attached hydrogens (tertiary/aromatic N) is 1. The molecule has 0 bridgehead atoms. The zero-order chi connectivity index (χ0) is 18.2. The largest absolute Gasteiger partial charge is 0.389 e. The summed E-state index contributed by atoms with van der Waals surface area (Å²) in [7, 11) is 0. The number of piperidine rings is 1. The fourth-order valence-corrected chi connectivity index (χ4v) is 3.58. The average Bonchev–Trinajstić information content (AvgIpc) is 3.17. The van der Waals surface area contributed by atoms with E-state index in [1.54, 1.807) is 0 Å². The minimum Gasteiger partial charge on any atom is -0.389 e. The molecule has 144 valence electrons. The van der Waals surface area contributed by atoms with Gasteiger partial charge in [-0.15, -0.1) is 0 Å². The Morgan fingerprint density at radius 3 is 2.73 bits per heavy atom. The van der Waals surface area contributed by atoms with Crippen LogP contribution in [0.15, 0.2) is 30.3 Å². The highest BCUT2D eigenvalue weighted by Gasteiger charge is 2.23. The number of hydrogen-bond donors (Lipinski definition) is 2. The van der Waals surface area contributed by atoms with Crippen LogP contribution in [0.3, 0.4) is 0 Å². The number of β-amino-alcohol motifs (C(OH)–C–C–N with tert-alkyl or cyclic N) is 1. The maximum atomic E-state index is 12.2. The van der Waals surface area contributed by atoms with Crippen LogP contribution in [0.2, 0.25) is 0 Å². The van der Waals surface area contributed by atoms with E-state index >= 15 is 0 Å². The Kier molecular flexibility index (Phi) is 7.43. The van der Waals surface area contributed by atoms with Crippen molar-refractivity contribution in [2.24, 2.45) is 0 Å². The van der Waals surface area contributed by atoms with Crippen molar-refractivity contribution in [3.05, 3.63) is 35.9 Å². The number of likely N-dealkylation sites (tertiary alicyclic amines) is 1. The van der Waals surface area contributed by atoms with Crippen molar-refractivity contribution in [3.8, 4) is 0 Å². The van der Waals surface area contributed by atoms with Crippen molar-refractivity contribution in [3.63, 3.8) is 0 Å². The van der Waals surface area contributed by atoms with Crippen molar-refractivity contribution < 1.29 is 19.4 Å². The number of carbonyl (C=O) groups excluding carboxylic acids is 1. The summed E-state index contributed by atoms with van der Waals surface area (Å²) in [5.41, 5.74) is 0.703. The molecule has 1 aromatic rings. The van der Waals surface area contributed by atoms with Crippen LogP contribution < -0.4 is 5.32 Å². The third-order valence-corrected chi connectivity index (χ3v) is 5.07. The van der Waals surface area contributed by atoms with Gasteiger partial charge in [-0.05, 0) is 37.8 Å². The maximum Gasteiger partial charge on any atom is 0.251 e. The van der Waals surface area contributed by atoms with Crippen LogP contribution in [-0.4, -0.2) is 73.6 Å². The quantitative estimate of drug-likeness (QED) is 0.732. The lowest BCUT2D eigenvalue weighted by Crippen LogP contribution is -2.47. The van der Waals surface area contributed by atoms with Gasteiger partial charge in [0.15, 0.2) is 0 Å². The lowest BCUT2D eigenvalue weighted by molar-refractivity contribution is -0.0268. The summed E-state index contributed by atoms with van der Waals surface area (Å²) in [6.45, 7) is 4.12. The van der Waals surface area contributed by atoms with E-state index in [9.17, 15) is 9.90 Å². The fourth-order valence-electron chi connectivity index (χ4n) is 3.58. The highest BCUT2D eigenvalue weighted by atomic mass is 16.5. The number of carbonyl (C=O) groups is 1. The summed E-state index contributed by atoms with van der Waals surface area (Å²) in [5, 5.41) is 13.3. The molecule has 2 atom stereocenters. The van der Waals surface area contributed by atoms with E-state index in [2.05, 4.69) is 10.2 Å². The van der Waals surface area contributed by atoms with Crippen LogP contribution >= 0.6 is 0 Å². The van der Waals surface area contributed by atoms with E-state index in [4.69, 9.17) is 9.47 Å². The van der Waals surface area contributed by atoms with Gasteiger partial charge in [0.25, 0.3) is 5.91 Å². The van der Waals surface area contributed by atoms with E-state index in [-0.39, 0.29) is 18.1 Å². The number of aliphatic hydroxyl groups excluding tert-OH is 1. The van der Waals surface area contributed by atoms with Crippen molar-refractivity contribution in [2.45, 2.75) is 43.9 Å². The summed E-state index contributed by atoms with van der Waals surface area (Å²) < 4.78 is 11.1. The van der Waals surface area contributed by atoms with Gasteiger partial charge in [0.05, 0.1) is 25.4 Å². The van der Waals surface area contributed by atoms with E-state index in [1.165, 1.54) is 0 Å². The second-order valence-electron chi connectivity index (χ2n) is 7.24. The van der Waals surface area contributed by atoms with Crippen LogP contribution in [0, 0.1) is 0 Å². The van der Waals surface area contributed by atoms with Gasteiger partial charge in [0, 0.05) is 37.8 Å². The monoisotopic (exact) mass is 362 g/mol. The van der Waals surface area contributed by atoms with E-state index in [1.807, 2.05) is 30.3 Å². The molecule has 1 amide bonds. The molecule has 2 heterocycles. The van der Waals surface area contributed by atoms with Crippen molar-refractivity contribution >= 4 is 5.91 Å². The van der Waals surface area contributed by atoms with Gasteiger partial charge in [-0.25, -0.2) is 0 Å². The standard InChI is InChI=1S/C20H30N2O4/c23-18(14-25-15-19-7-4-12-26-19)13-22-10-8-17(9-11-22)21-20(24)16-5-2-1-3-6-16/h1-3,5-6,17-19,23H,4,7-15H2,(H,21,24)/t18-,19-/m1/s1.